The van der Waals surface area contributed by atoms with Gasteiger partial charge in [0.15, 0.2) is 0 Å². The minimum atomic E-state index is 0.251. The molecule has 0 N–H and O–H groups in total. The first kappa shape index (κ1) is 17.9. The average molecular weight is 384 g/mol. The lowest BCUT2D eigenvalue weighted by Crippen LogP contribution is -2.53. The van der Waals surface area contributed by atoms with Crippen LogP contribution in [0, 0.1) is 34.5 Å². The van der Waals surface area contributed by atoms with Crippen LogP contribution in [0.15, 0.2) is 24.5 Å². The summed E-state index contributed by atoms with van der Waals surface area (Å²) in [5.41, 5.74) is 3.33. The van der Waals surface area contributed by atoms with E-state index >= 15 is 0 Å². The molecule has 0 saturated heterocycles. The summed E-state index contributed by atoms with van der Waals surface area (Å²) in [7, 11) is 0. The SMILES string of the molecule is C[C@]12CCC(=O)CC1CC[C@@H]1[C@@H]2CC[C@]2(C)C(c3cncc(Cl)c3)=CC[C@@H]12. The summed E-state index contributed by atoms with van der Waals surface area (Å²) in [6.45, 7) is 5.01. The molecule has 0 bridgehead atoms. The van der Waals surface area contributed by atoms with Gasteiger partial charge in [-0.3, -0.25) is 9.78 Å². The molecule has 0 aliphatic heterocycles. The van der Waals surface area contributed by atoms with E-state index in [0.717, 1.165) is 42.0 Å². The molecule has 1 aromatic heterocycles. The first-order chi connectivity index (χ1) is 12.9. The molecule has 3 saturated carbocycles. The van der Waals surface area contributed by atoms with Gasteiger partial charge in [-0.2, -0.15) is 0 Å². The summed E-state index contributed by atoms with van der Waals surface area (Å²) in [5, 5.41) is 0.731. The quantitative estimate of drug-likeness (QED) is 0.566. The number of pyridine rings is 1. The third-order valence-electron chi connectivity index (χ3n) is 9.08. The maximum atomic E-state index is 12.1. The van der Waals surface area contributed by atoms with Crippen LogP contribution in [0.2, 0.25) is 5.02 Å². The van der Waals surface area contributed by atoms with Gasteiger partial charge in [0.1, 0.15) is 5.78 Å². The monoisotopic (exact) mass is 383 g/mol. The van der Waals surface area contributed by atoms with Crippen LogP contribution < -0.4 is 0 Å². The van der Waals surface area contributed by atoms with E-state index in [1.165, 1.54) is 43.2 Å². The highest BCUT2D eigenvalue weighted by Crippen LogP contribution is 2.67. The molecular formula is C24H30ClNO. The fraction of sp³-hybridized carbons (Fsp3) is 0.667. The number of halogens is 1. The lowest BCUT2D eigenvalue weighted by atomic mass is 9.44. The zero-order valence-corrected chi connectivity index (χ0v) is 17.3. The number of ketones is 1. The highest BCUT2D eigenvalue weighted by molar-refractivity contribution is 6.30. The third-order valence-corrected chi connectivity index (χ3v) is 9.29. The summed E-state index contributed by atoms with van der Waals surface area (Å²) < 4.78 is 0. The number of nitrogens with zero attached hydrogens (tertiary/aromatic N) is 1. The first-order valence-corrected chi connectivity index (χ1v) is 11.1. The van der Waals surface area contributed by atoms with Crippen LogP contribution in [0.5, 0.6) is 0 Å². The molecule has 3 heteroatoms. The van der Waals surface area contributed by atoms with E-state index in [9.17, 15) is 4.79 Å². The molecule has 1 unspecified atom stereocenters. The van der Waals surface area contributed by atoms with Gasteiger partial charge in [0.05, 0.1) is 5.02 Å². The molecule has 4 aliphatic rings. The van der Waals surface area contributed by atoms with Crippen molar-refractivity contribution in [1.82, 2.24) is 4.98 Å². The van der Waals surface area contributed by atoms with Crippen molar-refractivity contribution in [2.75, 3.05) is 0 Å². The van der Waals surface area contributed by atoms with E-state index in [2.05, 4.69) is 31.0 Å². The number of hydrogen-bond acceptors (Lipinski definition) is 2. The van der Waals surface area contributed by atoms with Gasteiger partial charge in [0.2, 0.25) is 0 Å². The third kappa shape index (κ3) is 2.58. The molecule has 1 aromatic rings. The number of hydrogen-bond donors (Lipinski definition) is 0. The summed E-state index contributed by atoms with van der Waals surface area (Å²) in [4.78, 5) is 16.4. The van der Waals surface area contributed by atoms with Crippen LogP contribution in [0.25, 0.3) is 5.57 Å². The number of aromatic nitrogens is 1. The molecule has 3 fully saturated rings. The maximum Gasteiger partial charge on any atom is 0.133 e. The molecule has 27 heavy (non-hydrogen) atoms. The van der Waals surface area contributed by atoms with Gasteiger partial charge >= 0.3 is 0 Å². The highest BCUT2D eigenvalue weighted by Gasteiger charge is 2.58. The van der Waals surface area contributed by atoms with Crippen molar-refractivity contribution in [3.05, 3.63) is 35.1 Å². The zero-order chi connectivity index (χ0) is 18.8. The summed E-state index contributed by atoms with van der Waals surface area (Å²) in [6, 6.07) is 2.09. The van der Waals surface area contributed by atoms with E-state index < -0.39 is 0 Å². The van der Waals surface area contributed by atoms with Crippen molar-refractivity contribution >= 4 is 23.0 Å². The van der Waals surface area contributed by atoms with Crippen molar-refractivity contribution in [2.45, 2.75) is 65.2 Å². The Hall–Kier alpha value is -1.15. The number of Topliss-reactive ketones (excluding diaryl/α,β-unsaturated/α-hetero) is 1. The topological polar surface area (TPSA) is 30.0 Å². The number of rotatable bonds is 1. The molecular weight excluding hydrogens is 354 g/mol. The van der Waals surface area contributed by atoms with Gasteiger partial charge in [-0.25, -0.2) is 0 Å². The lowest BCUT2D eigenvalue weighted by Gasteiger charge is -2.60. The van der Waals surface area contributed by atoms with Gasteiger partial charge in [-0.15, -0.1) is 0 Å². The molecule has 2 nitrogen and oxygen atoms in total. The van der Waals surface area contributed by atoms with Crippen LogP contribution in [-0.4, -0.2) is 10.8 Å². The zero-order valence-electron chi connectivity index (χ0n) is 16.5. The second-order valence-electron chi connectivity index (χ2n) is 10.1. The van der Waals surface area contributed by atoms with Crippen LogP contribution in [0.3, 0.4) is 0 Å². The maximum absolute atomic E-state index is 12.1. The second-order valence-corrected chi connectivity index (χ2v) is 10.5. The van der Waals surface area contributed by atoms with E-state index in [1.807, 2.05) is 6.20 Å². The first-order valence-electron chi connectivity index (χ1n) is 10.7. The molecule has 0 amide bonds. The Balaban J connectivity index is 1.45. The largest absolute Gasteiger partial charge is 0.300 e. The normalized spacial score (nSPS) is 43.5. The molecule has 0 radical (unpaired) electrons. The molecule has 4 aliphatic carbocycles. The smallest absolute Gasteiger partial charge is 0.133 e. The number of carbonyl (C=O) groups excluding carboxylic acids is 1. The van der Waals surface area contributed by atoms with E-state index in [1.54, 1.807) is 6.20 Å². The summed E-state index contributed by atoms with van der Waals surface area (Å²) in [5.74, 6) is 3.48. The Morgan fingerprint density at radius 3 is 2.78 bits per heavy atom. The number of carbonyl (C=O) groups is 1. The van der Waals surface area contributed by atoms with Gasteiger partial charge in [0, 0.05) is 25.2 Å². The van der Waals surface area contributed by atoms with E-state index in [-0.39, 0.29) is 5.41 Å². The van der Waals surface area contributed by atoms with Gasteiger partial charge in [0.25, 0.3) is 0 Å². The minimum Gasteiger partial charge on any atom is -0.300 e. The highest BCUT2D eigenvalue weighted by atomic mass is 35.5. The van der Waals surface area contributed by atoms with Crippen LogP contribution >= 0.6 is 11.6 Å². The molecule has 144 valence electrons. The molecule has 6 atom stereocenters. The standard InChI is InChI=1S/C24H30ClNO/c1-23-9-7-18(27)12-16(23)3-4-19-21-6-5-20(15-11-17(25)14-26-13-15)24(21,2)10-8-22(19)23/h5,11,13-14,16,19,21-22H,3-4,6-10,12H2,1-2H3/t16?,19-,21-,22-,23-,24+/m0/s1. The fourth-order valence-corrected chi connectivity index (χ4v) is 7.79. The molecule has 0 aromatic carbocycles. The average Bonchev–Trinajstić information content (AvgIpc) is 2.99. The predicted molar refractivity (Wildman–Crippen MR) is 109 cm³/mol. The summed E-state index contributed by atoms with van der Waals surface area (Å²) in [6.07, 6.45) is 15.3. The van der Waals surface area contributed by atoms with Crippen molar-refractivity contribution in [2.24, 2.45) is 34.5 Å². The number of allylic oxidation sites excluding steroid dienone is 2. The summed E-state index contributed by atoms with van der Waals surface area (Å²) >= 11 is 6.24. The lowest BCUT2D eigenvalue weighted by molar-refractivity contribution is -0.136. The van der Waals surface area contributed by atoms with Crippen LogP contribution in [-0.2, 0) is 4.79 Å². The van der Waals surface area contributed by atoms with Crippen molar-refractivity contribution in [3.63, 3.8) is 0 Å². The van der Waals surface area contributed by atoms with Crippen molar-refractivity contribution < 1.29 is 4.79 Å². The Morgan fingerprint density at radius 1 is 1.11 bits per heavy atom. The second kappa shape index (κ2) is 6.17. The van der Waals surface area contributed by atoms with Gasteiger partial charge in [-0.1, -0.05) is 31.5 Å². The molecule has 0 spiro atoms. The molecule has 1 heterocycles. The van der Waals surface area contributed by atoms with E-state index in [0.29, 0.717) is 17.1 Å². The minimum absolute atomic E-state index is 0.251. The Kier molecular flexibility index (Phi) is 4.10. The Morgan fingerprint density at radius 2 is 1.96 bits per heavy atom. The Labute approximate surface area is 167 Å². The van der Waals surface area contributed by atoms with Crippen molar-refractivity contribution in [1.29, 1.82) is 0 Å². The Bertz CT molecular complexity index is 816. The van der Waals surface area contributed by atoms with Crippen LogP contribution in [0.1, 0.15) is 70.8 Å². The fourth-order valence-electron chi connectivity index (χ4n) is 7.62. The van der Waals surface area contributed by atoms with Crippen LogP contribution in [0.4, 0.5) is 0 Å². The molecule has 5 rings (SSSR count). The van der Waals surface area contributed by atoms with Gasteiger partial charge in [-0.05, 0) is 90.2 Å². The number of fused-ring (bicyclic) bond motifs is 5. The van der Waals surface area contributed by atoms with Gasteiger partial charge < -0.3 is 0 Å². The van der Waals surface area contributed by atoms with E-state index in [4.69, 9.17) is 11.6 Å². The van der Waals surface area contributed by atoms with Crippen molar-refractivity contribution in [3.8, 4) is 0 Å². The predicted octanol–water partition coefficient (Wildman–Crippen LogP) is 6.34.